The van der Waals surface area contributed by atoms with Crippen molar-refractivity contribution in [2.75, 3.05) is 0 Å². The van der Waals surface area contributed by atoms with Crippen LogP contribution in [0, 0.1) is 11.8 Å². The van der Waals surface area contributed by atoms with E-state index < -0.39 is 26.9 Å². The number of ether oxygens (including phenoxy) is 1. The highest BCUT2D eigenvalue weighted by atomic mass is 32.2. The molecule has 3 aliphatic rings. The van der Waals surface area contributed by atoms with E-state index in [2.05, 4.69) is 6.58 Å². The molecule has 0 aromatic rings. The van der Waals surface area contributed by atoms with Gasteiger partial charge in [0, 0.05) is 17.4 Å². The van der Waals surface area contributed by atoms with Crippen LogP contribution in [0.15, 0.2) is 12.2 Å². The van der Waals surface area contributed by atoms with Gasteiger partial charge in [-0.3, -0.25) is 4.18 Å². The molecule has 6 heteroatoms. The van der Waals surface area contributed by atoms with E-state index in [1.165, 1.54) is 0 Å². The molecule has 0 aromatic carbocycles. The number of rotatable bonds is 2. The minimum absolute atomic E-state index is 0.0251. The quantitative estimate of drug-likeness (QED) is 0.426. The summed E-state index contributed by atoms with van der Waals surface area (Å²) in [6, 6.07) is 0. The molecule has 2 aliphatic carbocycles. The van der Waals surface area contributed by atoms with Crippen molar-refractivity contribution in [2.45, 2.75) is 43.6 Å². The molecule has 2 bridgehead atoms. The van der Waals surface area contributed by atoms with Crippen molar-refractivity contribution in [1.29, 1.82) is 0 Å². The molecule has 0 spiro atoms. The Morgan fingerprint density at radius 3 is 2.72 bits per heavy atom. The standard InChI is InChI=1S/C12H16O5S/c1-6(2)11(13)16-12(3)7-4-8-9(5-7)17-18(14,15)10(8)12/h7-10H,1,4-5H2,2-3H3. The van der Waals surface area contributed by atoms with Crippen molar-refractivity contribution in [3.05, 3.63) is 12.2 Å². The summed E-state index contributed by atoms with van der Waals surface area (Å²) in [5.41, 5.74) is -0.682. The summed E-state index contributed by atoms with van der Waals surface area (Å²) < 4.78 is 34.6. The summed E-state index contributed by atoms with van der Waals surface area (Å²) in [6.07, 6.45) is 1.20. The highest BCUT2D eigenvalue weighted by Crippen LogP contribution is 2.60. The zero-order chi connectivity index (χ0) is 13.3. The number of fused-ring (bicyclic) bond motifs is 1. The molecule has 3 rings (SSSR count). The fourth-order valence-corrected chi connectivity index (χ4v) is 5.96. The third-order valence-electron chi connectivity index (χ3n) is 4.55. The van der Waals surface area contributed by atoms with E-state index in [1.54, 1.807) is 13.8 Å². The predicted octanol–water partition coefficient (Wildman–Crippen LogP) is 1.00. The summed E-state index contributed by atoms with van der Waals surface area (Å²) in [5.74, 6) is -0.482. The second-order valence-electron chi connectivity index (χ2n) is 5.73. The van der Waals surface area contributed by atoms with Crippen LogP contribution in [-0.4, -0.2) is 31.3 Å². The molecular weight excluding hydrogens is 256 g/mol. The number of carbonyl (C=O) groups excluding carboxylic acids is 1. The molecule has 100 valence electrons. The Morgan fingerprint density at radius 2 is 2.11 bits per heavy atom. The zero-order valence-corrected chi connectivity index (χ0v) is 11.2. The van der Waals surface area contributed by atoms with E-state index in [0.717, 1.165) is 6.42 Å². The van der Waals surface area contributed by atoms with Crippen LogP contribution >= 0.6 is 0 Å². The molecule has 5 atom stereocenters. The summed E-state index contributed by atoms with van der Waals surface area (Å²) in [5, 5.41) is -0.711. The molecule has 2 saturated carbocycles. The zero-order valence-electron chi connectivity index (χ0n) is 10.4. The van der Waals surface area contributed by atoms with Crippen molar-refractivity contribution >= 4 is 16.1 Å². The van der Waals surface area contributed by atoms with E-state index in [-0.39, 0.29) is 23.5 Å². The van der Waals surface area contributed by atoms with E-state index in [1.807, 2.05) is 0 Å². The van der Waals surface area contributed by atoms with Crippen LogP contribution in [0.3, 0.4) is 0 Å². The van der Waals surface area contributed by atoms with E-state index in [4.69, 9.17) is 8.92 Å². The Kier molecular flexibility index (Phi) is 2.27. The van der Waals surface area contributed by atoms with Gasteiger partial charge in [-0.2, -0.15) is 8.42 Å². The van der Waals surface area contributed by atoms with Crippen molar-refractivity contribution in [2.24, 2.45) is 11.8 Å². The highest BCUT2D eigenvalue weighted by Gasteiger charge is 2.71. The Bertz CT molecular complexity index is 535. The van der Waals surface area contributed by atoms with Gasteiger partial charge in [-0.15, -0.1) is 0 Å². The number of esters is 1. The summed E-state index contributed by atoms with van der Waals surface area (Å²) in [7, 11) is -3.62. The van der Waals surface area contributed by atoms with Gasteiger partial charge in [0.2, 0.25) is 0 Å². The van der Waals surface area contributed by atoms with Gasteiger partial charge in [0.05, 0.1) is 6.10 Å². The molecule has 5 nitrogen and oxygen atoms in total. The van der Waals surface area contributed by atoms with Gasteiger partial charge in [-0.05, 0) is 26.7 Å². The first kappa shape index (κ1) is 12.2. The normalized spacial score (nSPS) is 47.2. The Hall–Kier alpha value is -0.880. The lowest BCUT2D eigenvalue weighted by atomic mass is 9.84. The molecular formula is C12H16O5S. The van der Waals surface area contributed by atoms with Crippen molar-refractivity contribution in [1.82, 2.24) is 0 Å². The summed E-state index contributed by atoms with van der Waals surface area (Å²) in [6.45, 7) is 6.80. The van der Waals surface area contributed by atoms with Crippen LogP contribution in [-0.2, 0) is 23.8 Å². The topological polar surface area (TPSA) is 69.7 Å². The molecule has 1 heterocycles. The molecule has 18 heavy (non-hydrogen) atoms. The maximum atomic E-state index is 12.0. The van der Waals surface area contributed by atoms with Gasteiger partial charge >= 0.3 is 5.97 Å². The third kappa shape index (κ3) is 1.36. The van der Waals surface area contributed by atoms with E-state index in [9.17, 15) is 13.2 Å². The van der Waals surface area contributed by atoms with Gasteiger partial charge in [-0.1, -0.05) is 6.58 Å². The molecule has 0 radical (unpaired) electrons. The molecule has 3 fully saturated rings. The first-order chi connectivity index (χ1) is 8.25. The van der Waals surface area contributed by atoms with E-state index in [0.29, 0.717) is 6.42 Å². The second kappa shape index (κ2) is 3.36. The van der Waals surface area contributed by atoms with Crippen LogP contribution in [0.4, 0.5) is 0 Å². The summed E-state index contributed by atoms with van der Waals surface area (Å²) in [4.78, 5) is 11.7. The van der Waals surface area contributed by atoms with Crippen LogP contribution in [0.2, 0.25) is 0 Å². The molecule has 0 N–H and O–H groups in total. The van der Waals surface area contributed by atoms with Gasteiger partial charge in [-0.25, -0.2) is 4.79 Å². The lowest BCUT2D eigenvalue weighted by molar-refractivity contribution is -0.157. The SMILES string of the molecule is C=C(C)C(=O)OC1(C)C2CC3OS(=O)(=O)C1C3C2. The Balaban J connectivity index is 1.98. The first-order valence-electron chi connectivity index (χ1n) is 6.06. The van der Waals surface area contributed by atoms with Crippen LogP contribution < -0.4 is 0 Å². The Morgan fingerprint density at radius 1 is 1.44 bits per heavy atom. The molecule has 5 unspecified atom stereocenters. The number of hydrogen-bond donors (Lipinski definition) is 0. The largest absolute Gasteiger partial charge is 0.454 e. The average Bonchev–Trinajstić information content (AvgIpc) is 2.76. The first-order valence-corrected chi connectivity index (χ1v) is 7.54. The van der Waals surface area contributed by atoms with E-state index >= 15 is 0 Å². The predicted molar refractivity (Wildman–Crippen MR) is 63.1 cm³/mol. The van der Waals surface area contributed by atoms with Crippen molar-refractivity contribution < 1.29 is 22.1 Å². The maximum Gasteiger partial charge on any atom is 0.333 e. The summed E-state index contributed by atoms with van der Waals surface area (Å²) >= 11 is 0. The molecule has 0 aromatic heterocycles. The van der Waals surface area contributed by atoms with Gasteiger partial charge in [0.1, 0.15) is 10.9 Å². The molecule has 1 aliphatic heterocycles. The van der Waals surface area contributed by atoms with Crippen LogP contribution in [0.25, 0.3) is 0 Å². The van der Waals surface area contributed by atoms with Crippen LogP contribution in [0.5, 0.6) is 0 Å². The van der Waals surface area contributed by atoms with Crippen molar-refractivity contribution in [3.63, 3.8) is 0 Å². The van der Waals surface area contributed by atoms with Crippen LogP contribution in [0.1, 0.15) is 26.7 Å². The third-order valence-corrected chi connectivity index (χ3v) is 6.50. The maximum absolute atomic E-state index is 12.0. The highest BCUT2D eigenvalue weighted by molar-refractivity contribution is 7.87. The van der Waals surface area contributed by atoms with Gasteiger partial charge in [0.25, 0.3) is 10.1 Å². The van der Waals surface area contributed by atoms with Crippen molar-refractivity contribution in [3.8, 4) is 0 Å². The fourth-order valence-electron chi connectivity index (χ4n) is 3.75. The monoisotopic (exact) mass is 272 g/mol. The average molecular weight is 272 g/mol. The fraction of sp³-hybridized carbons (Fsp3) is 0.750. The minimum Gasteiger partial charge on any atom is -0.454 e. The Labute approximate surface area is 106 Å². The smallest absolute Gasteiger partial charge is 0.333 e. The minimum atomic E-state index is -3.62. The molecule has 0 amide bonds. The number of hydrogen-bond acceptors (Lipinski definition) is 5. The van der Waals surface area contributed by atoms with Gasteiger partial charge in [0.15, 0.2) is 0 Å². The molecule has 1 saturated heterocycles. The lowest BCUT2D eigenvalue weighted by Crippen LogP contribution is -2.50. The van der Waals surface area contributed by atoms with Gasteiger partial charge < -0.3 is 4.74 Å². The second-order valence-corrected chi connectivity index (χ2v) is 7.42. The number of carbonyl (C=O) groups is 1. The lowest BCUT2D eigenvalue weighted by Gasteiger charge is -2.35.